The predicted molar refractivity (Wildman–Crippen MR) is 142 cm³/mol. The van der Waals surface area contributed by atoms with Gasteiger partial charge in [0, 0.05) is 34.2 Å². The number of hydrogen-bond acceptors (Lipinski definition) is 7. The number of phenolic OH excluding ortho intramolecular Hbond substituents is 4. The van der Waals surface area contributed by atoms with E-state index in [1.807, 2.05) is 53.7 Å². The van der Waals surface area contributed by atoms with Crippen LogP contribution in [-0.2, 0) is 19.3 Å². The average Bonchev–Trinajstić information content (AvgIpc) is 3.07. The maximum absolute atomic E-state index is 14.1. The van der Waals surface area contributed by atoms with Crippen LogP contribution in [0.25, 0.3) is 22.3 Å². The Hall–Kier alpha value is -3.87. The highest BCUT2D eigenvalue weighted by Crippen LogP contribution is 2.59. The molecule has 1 aromatic heterocycles. The normalized spacial score (nSPS) is 16.6. The first-order valence-electron chi connectivity index (χ1n) is 12.4. The molecule has 0 radical (unpaired) electrons. The summed E-state index contributed by atoms with van der Waals surface area (Å²) >= 11 is 0. The first-order valence-corrected chi connectivity index (χ1v) is 12.4. The fourth-order valence-corrected chi connectivity index (χ4v) is 5.50. The lowest BCUT2D eigenvalue weighted by molar-refractivity contribution is 0.106. The molecule has 3 aromatic rings. The largest absolute Gasteiger partial charge is 0.507 e. The van der Waals surface area contributed by atoms with Gasteiger partial charge in [-0.15, -0.1) is 0 Å². The third-order valence-electron chi connectivity index (χ3n) is 7.47. The number of allylic oxidation sites excluding steroid dienone is 4. The zero-order chi connectivity index (χ0) is 27.0. The van der Waals surface area contributed by atoms with Gasteiger partial charge < -0.3 is 29.6 Å². The molecular formula is C30H32O7. The summed E-state index contributed by atoms with van der Waals surface area (Å²) in [7, 11) is 0. The molecule has 2 aliphatic rings. The molecule has 2 aromatic carbocycles. The molecule has 5 rings (SSSR count). The Morgan fingerprint density at radius 3 is 2.22 bits per heavy atom. The van der Waals surface area contributed by atoms with Crippen LogP contribution < -0.4 is 10.2 Å². The van der Waals surface area contributed by atoms with E-state index in [1.165, 1.54) is 6.07 Å². The second-order valence-electron chi connectivity index (χ2n) is 11.1. The van der Waals surface area contributed by atoms with Crippen LogP contribution in [0.5, 0.6) is 28.7 Å². The van der Waals surface area contributed by atoms with Crippen molar-refractivity contribution in [3.05, 3.63) is 61.8 Å². The number of hydrogen-bond donors (Lipinski definition) is 4. The van der Waals surface area contributed by atoms with E-state index in [0.29, 0.717) is 22.3 Å². The van der Waals surface area contributed by atoms with Crippen molar-refractivity contribution in [2.75, 3.05) is 0 Å². The second kappa shape index (κ2) is 8.33. The summed E-state index contributed by atoms with van der Waals surface area (Å²) in [5.74, 6) is -0.723. The second-order valence-corrected chi connectivity index (χ2v) is 11.1. The Morgan fingerprint density at radius 1 is 0.973 bits per heavy atom. The van der Waals surface area contributed by atoms with Gasteiger partial charge in [0.1, 0.15) is 39.6 Å². The molecule has 0 amide bonds. The molecule has 0 spiro atoms. The lowest BCUT2D eigenvalue weighted by Gasteiger charge is -2.30. The molecular weight excluding hydrogens is 472 g/mol. The van der Waals surface area contributed by atoms with Gasteiger partial charge >= 0.3 is 0 Å². The van der Waals surface area contributed by atoms with E-state index in [0.717, 1.165) is 11.1 Å². The van der Waals surface area contributed by atoms with Crippen molar-refractivity contribution in [3.63, 3.8) is 0 Å². The van der Waals surface area contributed by atoms with E-state index in [-0.39, 0.29) is 76.2 Å². The Bertz CT molecular complexity index is 1590. The van der Waals surface area contributed by atoms with Gasteiger partial charge in [-0.3, -0.25) is 4.79 Å². The van der Waals surface area contributed by atoms with Gasteiger partial charge in [-0.25, -0.2) is 0 Å². The molecule has 1 aliphatic heterocycles. The first-order chi connectivity index (χ1) is 17.3. The summed E-state index contributed by atoms with van der Waals surface area (Å²) < 4.78 is 12.4. The number of ether oxygens (including phenoxy) is 1. The monoisotopic (exact) mass is 504 g/mol. The number of benzene rings is 2. The van der Waals surface area contributed by atoms with Crippen LogP contribution >= 0.6 is 0 Å². The Kier molecular flexibility index (Phi) is 5.59. The molecule has 4 N–H and O–H groups in total. The first kappa shape index (κ1) is 24.8. The molecule has 1 atom stereocenters. The van der Waals surface area contributed by atoms with E-state index < -0.39 is 11.0 Å². The zero-order valence-corrected chi connectivity index (χ0v) is 21.9. The van der Waals surface area contributed by atoms with Crippen LogP contribution in [0.3, 0.4) is 0 Å². The minimum atomic E-state index is -0.748. The summed E-state index contributed by atoms with van der Waals surface area (Å²) in [5.41, 5.74) is 2.82. The van der Waals surface area contributed by atoms with Crippen LogP contribution in [0.1, 0.15) is 69.7 Å². The molecule has 194 valence electrons. The van der Waals surface area contributed by atoms with Gasteiger partial charge in [-0.05, 0) is 60.8 Å². The summed E-state index contributed by atoms with van der Waals surface area (Å²) in [6.45, 7) is 11.5. The Morgan fingerprint density at radius 2 is 1.59 bits per heavy atom. The summed E-state index contributed by atoms with van der Waals surface area (Å²) in [4.78, 5) is 14.1. The minimum absolute atomic E-state index is 0.0181. The molecule has 0 bridgehead atoms. The summed E-state index contributed by atoms with van der Waals surface area (Å²) in [5, 5.41) is 44.0. The lowest BCUT2D eigenvalue weighted by Crippen LogP contribution is -2.34. The summed E-state index contributed by atoms with van der Waals surface area (Å²) in [6.07, 6.45) is 4.58. The van der Waals surface area contributed by atoms with Crippen molar-refractivity contribution in [1.29, 1.82) is 0 Å². The molecule has 2 heterocycles. The number of phenols is 4. The van der Waals surface area contributed by atoms with E-state index in [9.17, 15) is 25.2 Å². The van der Waals surface area contributed by atoms with Gasteiger partial charge in [-0.2, -0.15) is 0 Å². The topological polar surface area (TPSA) is 120 Å². The van der Waals surface area contributed by atoms with Gasteiger partial charge in [0.25, 0.3) is 0 Å². The quantitative estimate of drug-likeness (QED) is 0.316. The fourth-order valence-electron chi connectivity index (χ4n) is 5.50. The number of fused-ring (bicyclic) bond motifs is 3. The molecule has 0 fully saturated rings. The van der Waals surface area contributed by atoms with Crippen molar-refractivity contribution in [2.45, 2.75) is 72.3 Å². The third kappa shape index (κ3) is 3.67. The zero-order valence-electron chi connectivity index (χ0n) is 21.9. The fraction of sp³-hybridized carbons (Fsp3) is 0.367. The number of aromatic hydroxyl groups is 4. The SMILES string of the molecule is CC(C)=CCc1c(O)c(CC=C(C)C)c2oc3c(c(=O)c2c1O)CC1c2c(c(O)cc(O)c2-3)OC1(C)C. The van der Waals surface area contributed by atoms with Crippen LogP contribution in [0.4, 0.5) is 0 Å². The molecule has 0 saturated carbocycles. The maximum Gasteiger partial charge on any atom is 0.200 e. The van der Waals surface area contributed by atoms with Gasteiger partial charge in [0.15, 0.2) is 16.9 Å². The molecule has 7 nitrogen and oxygen atoms in total. The van der Waals surface area contributed by atoms with Crippen LogP contribution in [0.2, 0.25) is 0 Å². The van der Waals surface area contributed by atoms with E-state index in [4.69, 9.17) is 9.15 Å². The number of rotatable bonds is 4. The van der Waals surface area contributed by atoms with Crippen molar-refractivity contribution in [3.8, 4) is 40.1 Å². The van der Waals surface area contributed by atoms with Crippen molar-refractivity contribution in [2.24, 2.45) is 0 Å². The van der Waals surface area contributed by atoms with Crippen LogP contribution in [0.15, 0.2) is 38.6 Å². The van der Waals surface area contributed by atoms with Crippen LogP contribution in [0, 0.1) is 0 Å². The molecule has 1 aliphatic carbocycles. The highest BCUT2D eigenvalue weighted by atomic mass is 16.5. The van der Waals surface area contributed by atoms with Crippen molar-refractivity contribution >= 4 is 11.0 Å². The van der Waals surface area contributed by atoms with E-state index in [2.05, 4.69) is 0 Å². The van der Waals surface area contributed by atoms with Crippen molar-refractivity contribution < 1.29 is 29.6 Å². The Labute approximate surface area is 215 Å². The summed E-state index contributed by atoms with van der Waals surface area (Å²) in [6, 6.07) is 1.19. The van der Waals surface area contributed by atoms with Gasteiger partial charge in [-0.1, -0.05) is 23.3 Å². The van der Waals surface area contributed by atoms with E-state index >= 15 is 0 Å². The van der Waals surface area contributed by atoms with E-state index in [1.54, 1.807) is 0 Å². The maximum atomic E-state index is 14.1. The van der Waals surface area contributed by atoms with Crippen LogP contribution in [-0.4, -0.2) is 26.0 Å². The molecule has 0 saturated heterocycles. The highest BCUT2D eigenvalue weighted by molar-refractivity contribution is 5.94. The third-order valence-corrected chi connectivity index (χ3v) is 7.47. The van der Waals surface area contributed by atoms with Gasteiger partial charge in [0.05, 0.1) is 5.56 Å². The Balaban J connectivity index is 1.90. The molecule has 1 unspecified atom stereocenters. The average molecular weight is 505 g/mol. The predicted octanol–water partition coefficient (Wildman–Crippen LogP) is 6.11. The smallest absolute Gasteiger partial charge is 0.200 e. The molecule has 37 heavy (non-hydrogen) atoms. The standard InChI is InChI=1S/C30H32O7/c1-13(2)7-9-15-24(33)16(10-8-14(3)4)27-23(25(15)34)26(35)17-11-18-21-22(28(17)36-27)19(31)12-20(32)29(21)37-30(18,5)6/h7-8,12,18,31-34H,9-11H2,1-6H3. The van der Waals surface area contributed by atoms with Gasteiger partial charge in [0.2, 0.25) is 0 Å². The van der Waals surface area contributed by atoms with Crippen molar-refractivity contribution in [1.82, 2.24) is 0 Å². The highest BCUT2D eigenvalue weighted by Gasteiger charge is 2.49. The molecule has 7 heteroatoms. The lowest BCUT2D eigenvalue weighted by atomic mass is 9.74. The minimum Gasteiger partial charge on any atom is -0.507 e.